The number of hydrogen-bond acceptors (Lipinski definition) is 2. The molecule has 2 atom stereocenters. The summed E-state index contributed by atoms with van der Waals surface area (Å²) in [5.41, 5.74) is 0. The molecule has 0 bridgehead atoms. The molecule has 1 saturated carbocycles. The summed E-state index contributed by atoms with van der Waals surface area (Å²) in [4.78, 5) is 10.9. The summed E-state index contributed by atoms with van der Waals surface area (Å²) < 4.78 is 5.31. The van der Waals surface area contributed by atoms with Crippen LogP contribution in [0.25, 0.3) is 0 Å². The van der Waals surface area contributed by atoms with Crippen LogP contribution in [-0.2, 0) is 9.53 Å². The summed E-state index contributed by atoms with van der Waals surface area (Å²) in [5.74, 6) is 2.44. The number of hydrogen-bond donors (Lipinski definition) is 0. The Bertz CT molecular complexity index is 254. The summed E-state index contributed by atoms with van der Waals surface area (Å²) in [6, 6.07) is 0. The van der Waals surface area contributed by atoms with E-state index in [4.69, 9.17) is 4.74 Å². The van der Waals surface area contributed by atoms with E-state index in [1.807, 2.05) is 0 Å². The van der Waals surface area contributed by atoms with Gasteiger partial charge in [-0.1, -0.05) is 46.5 Å². The Kier molecular flexibility index (Phi) is 7.48. The van der Waals surface area contributed by atoms with Crippen molar-refractivity contribution in [1.29, 1.82) is 0 Å². The zero-order valence-electron chi connectivity index (χ0n) is 13.3. The van der Waals surface area contributed by atoms with Crippen LogP contribution in [0.4, 0.5) is 0 Å². The van der Waals surface area contributed by atoms with Crippen LogP contribution in [0.1, 0.15) is 79.1 Å². The van der Waals surface area contributed by atoms with Crippen molar-refractivity contribution in [3.05, 3.63) is 0 Å². The fourth-order valence-electron chi connectivity index (χ4n) is 3.43. The van der Waals surface area contributed by atoms with Crippen LogP contribution < -0.4 is 0 Å². The normalized spacial score (nSPS) is 26.7. The maximum absolute atomic E-state index is 10.9. The van der Waals surface area contributed by atoms with Gasteiger partial charge in [-0.2, -0.15) is 0 Å². The number of carbonyl (C=O) groups excluding carboxylic acids is 1. The highest BCUT2D eigenvalue weighted by molar-refractivity contribution is 5.66. The van der Waals surface area contributed by atoms with E-state index < -0.39 is 0 Å². The van der Waals surface area contributed by atoms with E-state index in [1.54, 1.807) is 0 Å². The van der Waals surface area contributed by atoms with Gasteiger partial charge in [0, 0.05) is 6.92 Å². The fraction of sp³-hybridized carbons (Fsp3) is 0.941. The smallest absolute Gasteiger partial charge is 0.302 e. The van der Waals surface area contributed by atoms with Crippen molar-refractivity contribution in [2.24, 2.45) is 17.8 Å². The topological polar surface area (TPSA) is 26.3 Å². The number of carbonyl (C=O) groups is 1. The highest BCUT2D eigenvalue weighted by Gasteiger charge is 2.26. The Labute approximate surface area is 119 Å². The van der Waals surface area contributed by atoms with Crippen LogP contribution in [0.5, 0.6) is 0 Å². The fourth-order valence-corrected chi connectivity index (χ4v) is 3.43. The molecule has 0 aromatic carbocycles. The maximum atomic E-state index is 10.9. The van der Waals surface area contributed by atoms with E-state index in [0.717, 1.165) is 30.6 Å². The highest BCUT2D eigenvalue weighted by Crippen LogP contribution is 2.34. The van der Waals surface area contributed by atoms with Gasteiger partial charge >= 0.3 is 5.97 Å². The van der Waals surface area contributed by atoms with Crippen LogP contribution in [0.2, 0.25) is 0 Å². The summed E-state index contributed by atoms with van der Waals surface area (Å²) in [5, 5.41) is 0. The summed E-state index contributed by atoms with van der Waals surface area (Å²) >= 11 is 0. The Hall–Kier alpha value is -0.530. The lowest BCUT2D eigenvalue weighted by atomic mass is 9.77. The van der Waals surface area contributed by atoms with Crippen molar-refractivity contribution in [1.82, 2.24) is 0 Å². The molecule has 0 aromatic heterocycles. The van der Waals surface area contributed by atoms with Crippen molar-refractivity contribution in [3.63, 3.8) is 0 Å². The van der Waals surface area contributed by atoms with Crippen molar-refractivity contribution in [3.8, 4) is 0 Å². The van der Waals surface area contributed by atoms with E-state index >= 15 is 0 Å². The van der Waals surface area contributed by atoms with Gasteiger partial charge in [0.1, 0.15) is 6.10 Å². The average molecular weight is 268 g/mol. The Morgan fingerprint density at radius 2 is 1.74 bits per heavy atom. The van der Waals surface area contributed by atoms with Gasteiger partial charge in [-0.15, -0.1) is 0 Å². The number of ether oxygens (including phenoxy) is 1. The molecule has 0 aliphatic heterocycles. The SMILES string of the molecule is CCCC(C)CCC(C)C1CCC(OC(C)=O)CC1. The molecule has 1 fully saturated rings. The molecule has 0 saturated heterocycles. The van der Waals surface area contributed by atoms with E-state index in [2.05, 4.69) is 20.8 Å². The van der Waals surface area contributed by atoms with Crippen LogP contribution in [0, 0.1) is 17.8 Å². The predicted molar refractivity (Wildman–Crippen MR) is 80.0 cm³/mol. The summed E-state index contributed by atoms with van der Waals surface area (Å²) in [6.45, 7) is 8.59. The van der Waals surface area contributed by atoms with E-state index in [9.17, 15) is 4.79 Å². The first-order valence-electron chi connectivity index (χ1n) is 8.20. The standard InChI is InChI=1S/C17H32O2/c1-5-6-13(2)7-8-14(3)16-9-11-17(12-10-16)19-15(4)18/h13-14,16-17H,5-12H2,1-4H3. The van der Waals surface area contributed by atoms with Crippen molar-refractivity contribution in [2.75, 3.05) is 0 Å². The van der Waals surface area contributed by atoms with Gasteiger partial charge in [0.05, 0.1) is 0 Å². The molecule has 2 nitrogen and oxygen atoms in total. The van der Waals surface area contributed by atoms with Gasteiger partial charge in [0.2, 0.25) is 0 Å². The lowest BCUT2D eigenvalue weighted by molar-refractivity contribution is -0.148. The molecule has 0 aromatic rings. The van der Waals surface area contributed by atoms with Crippen molar-refractivity contribution < 1.29 is 9.53 Å². The number of rotatable bonds is 7. The molecule has 0 N–H and O–H groups in total. The first-order chi connectivity index (χ1) is 9.02. The lowest BCUT2D eigenvalue weighted by Gasteiger charge is -2.32. The molecular weight excluding hydrogens is 236 g/mol. The second-order valence-electron chi connectivity index (χ2n) is 6.59. The molecule has 112 valence electrons. The maximum Gasteiger partial charge on any atom is 0.302 e. The zero-order chi connectivity index (χ0) is 14.3. The minimum absolute atomic E-state index is 0.120. The molecule has 0 amide bonds. The van der Waals surface area contributed by atoms with Crippen LogP contribution in [0.15, 0.2) is 0 Å². The average Bonchev–Trinajstić information content (AvgIpc) is 2.36. The molecule has 1 aliphatic carbocycles. The molecule has 2 heteroatoms. The second kappa shape index (κ2) is 8.60. The third kappa shape index (κ3) is 6.44. The molecular formula is C17H32O2. The summed E-state index contributed by atoms with van der Waals surface area (Å²) in [6.07, 6.45) is 10.2. The highest BCUT2D eigenvalue weighted by atomic mass is 16.5. The van der Waals surface area contributed by atoms with Crippen LogP contribution in [0.3, 0.4) is 0 Å². The first-order valence-corrected chi connectivity index (χ1v) is 8.20. The third-order valence-corrected chi connectivity index (χ3v) is 4.75. The van der Waals surface area contributed by atoms with E-state index in [1.165, 1.54) is 45.4 Å². The van der Waals surface area contributed by atoms with Gasteiger partial charge in [-0.25, -0.2) is 0 Å². The number of esters is 1. The van der Waals surface area contributed by atoms with Crippen LogP contribution >= 0.6 is 0 Å². The van der Waals surface area contributed by atoms with Gasteiger partial charge in [-0.3, -0.25) is 4.79 Å². The van der Waals surface area contributed by atoms with Gasteiger partial charge < -0.3 is 4.74 Å². The molecule has 0 heterocycles. The van der Waals surface area contributed by atoms with Crippen molar-refractivity contribution >= 4 is 5.97 Å². The van der Waals surface area contributed by atoms with Gasteiger partial charge in [0.15, 0.2) is 0 Å². The molecule has 0 spiro atoms. The lowest BCUT2D eigenvalue weighted by Crippen LogP contribution is -2.26. The zero-order valence-corrected chi connectivity index (χ0v) is 13.3. The monoisotopic (exact) mass is 268 g/mol. The van der Waals surface area contributed by atoms with Gasteiger partial charge in [-0.05, 0) is 43.4 Å². The van der Waals surface area contributed by atoms with Gasteiger partial charge in [0.25, 0.3) is 0 Å². The molecule has 2 unspecified atom stereocenters. The Morgan fingerprint density at radius 1 is 1.11 bits per heavy atom. The first kappa shape index (κ1) is 16.5. The Morgan fingerprint density at radius 3 is 2.26 bits per heavy atom. The minimum atomic E-state index is -0.120. The molecule has 1 rings (SSSR count). The molecule has 1 aliphatic rings. The Balaban J connectivity index is 2.21. The second-order valence-corrected chi connectivity index (χ2v) is 6.59. The van der Waals surface area contributed by atoms with Crippen LogP contribution in [-0.4, -0.2) is 12.1 Å². The third-order valence-electron chi connectivity index (χ3n) is 4.75. The predicted octanol–water partition coefficient (Wildman–Crippen LogP) is 4.96. The van der Waals surface area contributed by atoms with E-state index in [-0.39, 0.29) is 12.1 Å². The largest absolute Gasteiger partial charge is 0.463 e. The van der Waals surface area contributed by atoms with Crippen molar-refractivity contribution in [2.45, 2.75) is 85.2 Å². The molecule has 19 heavy (non-hydrogen) atoms. The quantitative estimate of drug-likeness (QED) is 0.610. The summed E-state index contributed by atoms with van der Waals surface area (Å²) in [7, 11) is 0. The van der Waals surface area contributed by atoms with E-state index in [0.29, 0.717) is 0 Å². The minimum Gasteiger partial charge on any atom is -0.463 e. The molecule has 0 radical (unpaired) electrons.